The summed E-state index contributed by atoms with van der Waals surface area (Å²) in [5.74, 6) is -0.870. The lowest BCUT2D eigenvalue weighted by Crippen LogP contribution is -2.13. The summed E-state index contributed by atoms with van der Waals surface area (Å²) in [6.45, 7) is 0. The van der Waals surface area contributed by atoms with Crippen molar-refractivity contribution in [2.45, 2.75) is 0 Å². The standard InChI is InChI=1S/C13H8Cl2N2O4/c14-8-4-7(5-9(18)6-8)13(19)16-12-10(15)2-1-3-11(12)17(20)21/h1-6,18H,(H,16,19). The third-order valence-electron chi connectivity index (χ3n) is 2.57. The van der Waals surface area contributed by atoms with Crippen LogP contribution in [0.4, 0.5) is 11.4 Å². The van der Waals surface area contributed by atoms with Gasteiger partial charge in [-0.2, -0.15) is 0 Å². The van der Waals surface area contributed by atoms with Gasteiger partial charge >= 0.3 is 0 Å². The fourth-order valence-corrected chi connectivity index (χ4v) is 2.13. The van der Waals surface area contributed by atoms with E-state index in [-0.39, 0.29) is 32.7 Å². The molecule has 2 aromatic carbocycles. The van der Waals surface area contributed by atoms with E-state index in [0.717, 1.165) is 0 Å². The van der Waals surface area contributed by atoms with E-state index in [1.54, 1.807) is 0 Å². The number of hydrogen-bond donors (Lipinski definition) is 2. The van der Waals surface area contributed by atoms with Gasteiger partial charge < -0.3 is 10.4 Å². The van der Waals surface area contributed by atoms with Crippen molar-refractivity contribution < 1.29 is 14.8 Å². The van der Waals surface area contributed by atoms with E-state index in [2.05, 4.69) is 5.32 Å². The Labute approximate surface area is 129 Å². The zero-order chi connectivity index (χ0) is 15.6. The number of nitro groups is 1. The van der Waals surface area contributed by atoms with Crippen LogP contribution < -0.4 is 5.32 Å². The highest BCUT2D eigenvalue weighted by atomic mass is 35.5. The molecule has 0 atom stereocenters. The fourth-order valence-electron chi connectivity index (χ4n) is 1.68. The highest BCUT2D eigenvalue weighted by Crippen LogP contribution is 2.32. The van der Waals surface area contributed by atoms with Gasteiger partial charge in [0.2, 0.25) is 0 Å². The van der Waals surface area contributed by atoms with Crippen molar-refractivity contribution in [1.29, 1.82) is 0 Å². The number of benzene rings is 2. The van der Waals surface area contributed by atoms with E-state index in [9.17, 15) is 20.0 Å². The van der Waals surface area contributed by atoms with Crippen LogP contribution in [-0.4, -0.2) is 15.9 Å². The Bertz CT molecular complexity index is 714. The molecule has 8 heteroatoms. The van der Waals surface area contributed by atoms with Gasteiger partial charge in [0.25, 0.3) is 11.6 Å². The Morgan fingerprint density at radius 2 is 1.95 bits per heavy atom. The molecule has 0 unspecified atom stereocenters. The van der Waals surface area contributed by atoms with E-state index in [4.69, 9.17) is 23.2 Å². The molecule has 1 amide bonds. The van der Waals surface area contributed by atoms with Gasteiger partial charge in [-0.1, -0.05) is 29.3 Å². The molecule has 0 radical (unpaired) electrons. The molecule has 0 fully saturated rings. The molecule has 0 aliphatic carbocycles. The number of carbonyl (C=O) groups excluding carboxylic acids is 1. The van der Waals surface area contributed by atoms with Crippen molar-refractivity contribution in [3.8, 4) is 5.75 Å². The molecule has 6 nitrogen and oxygen atoms in total. The maximum atomic E-state index is 12.1. The molecule has 2 N–H and O–H groups in total. The maximum absolute atomic E-state index is 12.1. The largest absolute Gasteiger partial charge is 0.508 e. The average molecular weight is 327 g/mol. The maximum Gasteiger partial charge on any atom is 0.294 e. The van der Waals surface area contributed by atoms with Crippen LogP contribution in [0.15, 0.2) is 36.4 Å². The topological polar surface area (TPSA) is 92.5 Å². The number of carbonyl (C=O) groups is 1. The van der Waals surface area contributed by atoms with Crippen LogP contribution in [0.2, 0.25) is 10.0 Å². The number of halogens is 2. The number of aromatic hydroxyl groups is 1. The van der Waals surface area contributed by atoms with Crippen LogP contribution in [0.3, 0.4) is 0 Å². The summed E-state index contributed by atoms with van der Waals surface area (Å²) in [5.41, 5.74) is -0.398. The third-order valence-corrected chi connectivity index (χ3v) is 3.10. The monoisotopic (exact) mass is 326 g/mol. The lowest BCUT2D eigenvalue weighted by atomic mass is 10.2. The summed E-state index contributed by atoms with van der Waals surface area (Å²) in [4.78, 5) is 22.4. The van der Waals surface area contributed by atoms with E-state index in [0.29, 0.717) is 0 Å². The van der Waals surface area contributed by atoms with Gasteiger partial charge in [-0.25, -0.2) is 0 Å². The highest BCUT2D eigenvalue weighted by Gasteiger charge is 2.19. The molecule has 21 heavy (non-hydrogen) atoms. The second kappa shape index (κ2) is 5.99. The first-order valence-electron chi connectivity index (χ1n) is 5.62. The summed E-state index contributed by atoms with van der Waals surface area (Å²) in [7, 11) is 0. The van der Waals surface area contributed by atoms with Gasteiger partial charge in [-0.15, -0.1) is 0 Å². The van der Waals surface area contributed by atoms with Crippen LogP contribution >= 0.6 is 23.2 Å². The highest BCUT2D eigenvalue weighted by molar-refractivity contribution is 6.34. The van der Waals surface area contributed by atoms with E-state index >= 15 is 0 Å². The molecular formula is C13H8Cl2N2O4. The minimum absolute atomic E-state index is 0.0313. The summed E-state index contributed by atoms with van der Waals surface area (Å²) >= 11 is 11.6. The first-order chi connectivity index (χ1) is 9.88. The molecule has 0 bridgehead atoms. The third kappa shape index (κ3) is 3.42. The molecular weight excluding hydrogens is 319 g/mol. The predicted molar refractivity (Wildman–Crippen MR) is 79.2 cm³/mol. The van der Waals surface area contributed by atoms with Gasteiger partial charge in [0, 0.05) is 16.7 Å². The van der Waals surface area contributed by atoms with Crippen LogP contribution in [0.25, 0.3) is 0 Å². The summed E-state index contributed by atoms with van der Waals surface area (Å²) in [5, 5.41) is 22.9. The molecule has 0 aliphatic heterocycles. The van der Waals surface area contributed by atoms with E-state index < -0.39 is 10.8 Å². The number of hydrogen-bond acceptors (Lipinski definition) is 4. The lowest BCUT2D eigenvalue weighted by molar-refractivity contribution is -0.383. The van der Waals surface area contributed by atoms with Gasteiger partial charge in [0.15, 0.2) is 0 Å². The number of rotatable bonds is 3. The second-order valence-electron chi connectivity index (χ2n) is 4.04. The van der Waals surface area contributed by atoms with Crippen LogP contribution in [-0.2, 0) is 0 Å². The van der Waals surface area contributed by atoms with Gasteiger partial charge in [0.05, 0.1) is 9.95 Å². The second-order valence-corrected chi connectivity index (χ2v) is 4.89. The SMILES string of the molecule is O=C(Nc1c(Cl)cccc1[N+](=O)[O-])c1cc(O)cc(Cl)c1. The molecule has 0 spiro atoms. The fraction of sp³-hybridized carbons (Fsp3) is 0. The quantitative estimate of drug-likeness (QED) is 0.661. The lowest BCUT2D eigenvalue weighted by Gasteiger charge is -2.08. The number of nitrogens with one attached hydrogen (secondary N) is 1. The number of phenolic OH excluding ortho intramolecular Hbond substituents is 1. The van der Waals surface area contributed by atoms with Gasteiger partial charge in [0.1, 0.15) is 11.4 Å². The minimum atomic E-state index is -0.677. The molecule has 0 aliphatic rings. The number of amides is 1. The van der Waals surface area contributed by atoms with Crippen molar-refractivity contribution in [3.05, 3.63) is 62.1 Å². The molecule has 0 saturated carbocycles. The zero-order valence-corrected chi connectivity index (χ0v) is 11.9. The van der Waals surface area contributed by atoms with Crippen LogP contribution in [0.5, 0.6) is 5.75 Å². The Morgan fingerprint density at radius 3 is 2.57 bits per heavy atom. The van der Waals surface area contributed by atoms with Crippen LogP contribution in [0.1, 0.15) is 10.4 Å². The first-order valence-corrected chi connectivity index (χ1v) is 6.38. The van der Waals surface area contributed by atoms with Crippen molar-refractivity contribution in [2.75, 3.05) is 5.32 Å². The van der Waals surface area contributed by atoms with Crippen LogP contribution in [0, 0.1) is 10.1 Å². The number of phenols is 1. The van der Waals surface area contributed by atoms with E-state index in [1.165, 1.54) is 36.4 Å². The molecule has 0 heterocycles. The smallest absolute Gasteiger partial charge is 0.294 e. The molecule has 0 aromatic heterocycles. The summed E-state index contributed by atoms with van der Waals surface area (Å²) in [6, 6.07) is 7.80. The zero-order valence-electron chi connectivity index (χ0n) is 10.3. The van der Waals surface area contributed by atoms with Crippen molar-refractivity contribution in [1.82, 2.24) is 0 Å². The predicted octanol–water partition coefficient (Wildman–Crippen LogP) is 3.86. The summed E-state index contributed by atoms with van der Waals surface area (Å²) < 4.78 is 0. The Kier molecular flexibility index (Phi) is 4.30. The van der Waals surface area contributed by atoms with Gasteiger partial charge in [-0.05, 0) is 24.3 Å². The molecule has 0 saturated heterocycles. The molecule has 2 aromatic rings. The number of nitrogens with zero attached hydrogens (tertiary/aromatic N) is 1. The number of anilines is 1. The first kappa shape index (κ1) is 15.1. The van der Waals surface area contributed by atoms with Crippen molar-refractivity contribution in [2.24, 2.45) is 0 Å². The Balaban J connectivity index is 2.38. The van der Waals surface area contributed by atoms with Gasteiger partial charge in [-0.3, -0.25) is 14.9 Å². The number of nitro benzene ring substituents is 1. The average Bonchev–Trinajstić information content (AvgIpc) is 2.39. The summed E-state index contributed by atoms with van der Waals surface area (Å²) in [6.07, 6.45) is 0. The van der Waals surface area contributed by atoms with E-state index in [1.807, 2.05) is 0 Å². The molecule has 2 rings (SSSR count). The Hall–Kier alpha value is -2.31. The van der Waals surface area contributed by atoms with Crippen molar-refractivity contribution in [3.63, 3.8) is 0 Å². The molecule has 108 valence electrons. The minimum Gasteiger partial charge on any atom is -0.508 e. The normalized spacial score (nSPS) is 10.2. The number of para-hydroxylation sites is 1. The van der Waals surface area contributed by atoms with Crippen molar-refractivity contribution >= 4 is 40.5 Å². The Morgan fingerprint density at radius 1 is 1.24 bits per heavy atom.